The predicted octanol–water partition coefficient (Wildman–Crippen LogP) is 2.12. The lowest BCUT2D eigenvalue weighted by molar-refractivity contribution is -0.153. The van der Waals surface area contributed by atoms with Crippen LogP contribution in [0.4, 0.5) is 4.79 Å². The van der Waals surface area contributed by atoms with E-state index >= 15 is 0 Å². The highest BCUT2D eigenvalue weighted by Crippen LogP contribution is 2.11. The van der Waals surface area contributed by atoms with Gasteiger partial charge in [0.1, 0.15) is 6.04 Å². The Morgan fingerprint density at radius 2 is 1.71 bits per heavy atom. The molecule has 0 aliphatic rings. The molecule has 0 fully saturated rings. The van der Waals surface area contributed by atoms with Gasteiger partial charge in [0.05, 0.1) is 0 Å². The van der Waals surface area contributed by atoms with Crippen molar-refractivity contribution in [1.82, 2.24) is 10.2 Å². The molecule has 0 aliphatic carbocycles. The molecule has 0 bridgehead atoms. The smallest absolute Gasteiger partial charge is 0.329 e. The van der Waals surface area contributed by atoms with Gasteiger partial charge in [-0.05, 0) is 23.3 Å². The van der Waals surface area contributed by atoms with Crippen LogP contribution in [-0.2, 0) is 27.3 Å². The van der Waals surface area contributed by atoms with Crippen LogP contribution in [0.2, 0.25) is 5.02 Å². The SMILES string of the molecule is CN(Cc1ccc(Cl)cc1)C(=O)COC(=O)[C@H](Cc1ccccc1)NC(N)=O. The number of ether oxygens (including phenoxy) is 1. The average Bonchev–Trinajstić information content (AvgIpc) is 2.67. The number of halogens is 1. The number of urea groups is 1. The van der Waals surface area contributed by atoms with E-state index in [0.29, 0.717) is 11.6 Å². The number of benzene rings is 2. The molecule has 0 radical (unpaired) electrons. The lowest BCUT2D eigenvalue weighted by Crippen LogP contribution is -2.46. The van der Waals surface area contributed by atoms with Gasteiger partial charge in [0, 0.05) is 25.0 Å². The number of nitrogens with zero attached hydrogens (tertiary/aromatic N) is 1. The quantitative estimate of drug-likeness (QED) is 0.659. The molecule has 3 amide bonds. The van der Waals surface area contributed by atoms with E-state index < -0.39 is 24.6 Å². The second-order valence-electron chi connectivity index (χ2n) is 6.23. The molecule has 2 aromatic rings. The Morgan fingerprint density at radius 3 is 2.32 bits per heavy atom. The van der Waals surface area contributed by atoms with Crippen LogP contribution in [0.25, 0.3) is 0 Å². The van der Waals surface area contributed by atoms with E-state index in [1.54, 1.807) is 19.2 Å². The summed E-state index contributed by atoms with van der Waals surface area (Å²) in [5.41, 5.74) is 6.86. The molecule has 0 unspecified atom stereocenters. The summed E-state index contributed by atoms with van der Waals surface area (Å²) in [6.45, 7) is -0.0881. The fourth-order valence-corrected chi connectivity index (χ4v) is 2.64. The summed E-state index contributed by atoms with van der Waals surface area (Å²) in [6.07, 6.45) is 0.206. The molecule has 7 nitrogen and oxygen atoms in total. The van der Waals surface area contributed by atoms with Crippen molar-refractivity contribution >= 4 is 29.5 Å². The molecule has 2 aromatic carbocycles. The van der Waals surface area contributed by atoms with E-state index in [2.05, 4.69) is 5.32 Å². The van der Waals surface area contributed by atoms with Gasteiger partial charge in [-0.15, -0.1) is 0 Å². The summed E-state index contributed by atoms with van der Waals surface area (Å²) >= 11 is 5.84. The van der Waals surface area contributed by atoms with Gasteiger partial charge in [-0.25, -0.2) is 9.59 Å². The maximum absolute atomic E-state index is 12.3. The number of carbonyl (C=O) groups is 3. The van der Waals surface area contributed by atoms with Gasteiger partial charge in [0.15, 0.2) is 6.61 Å². The van der Waals surface area contributed by atoms with Crippen molar-refractivity contribution in [2.75, 3.05) is 13.7 Å². The number of carbonyl (C=O) groups excluding carboxylic acids is 3. The third-order valence-electron chi connectivity index (χ3n) is 3.98. The van der Waals surface area contributed by atoms with Gasteiger partial charge in [0.25, 0.3) is 5.91 Å². The minimum Gasteiger partial charge on any atom is -0.454 e. The highest BCUT2D eigenvalue weighted by Gasteiger charge is 2.23. The van der Waals surface area contributed by atoms with Crippen LogP contribution < -0.4 is 11.1 Å². The fraction of sp³-hybridized carbons (Fsp3) is 0.250. The van der Waals surface area contributed by atoms with Crippen LogP contribution in [-0.4, -0.2) is 42.5 Å². The molecular weight excluding hydrogens is 382 g/mol. The summed E-state index contributed by atoms with van der Waals surface area (Å²) in [7, 11) is 1.61. The summed E-state index contributed by atoms with van der Waals surface area (Å²) < 4.78 is 5.10. The normalized spacial score (nSPS) is 11.4. The fourth-order valence-electron chi connectivity index (χ4n) is 2.51. The van der Waals surface area contributed by atoms with Gasteiger partial charge >= 0.3 is 12.0 Å². The number of nitrogens with one attached hydrogen (secondary N) is 1. The largest absolute Gasteiger partial charge is 0.454 e. The molecule has 8 heteroatoms. The third kappa shape index (κ3) is 6.92. The lowest BCUT2D eigenvalue weighted by Gasteiger charge is -2.19. The standard InChI is InChI=1S/C20H22ClN3O4/c1-24(12-15-7-9-16(21)10-8-15)18(25)13-28-19(26)17(23-20(22)27)11-14-5-3-2-4-6-14/h2-10,17H,11-13H2,1H3,(H3,22,23,27)/t17-/m0/s1. The van der Waals surface area contributed by atoms with Crippen LogP contribution in [0.15, 0.2) is 54.6 Å². The number of esters is 1. The van der Waals surface area contributed by atoms with Crippen molar-refractivity contribution in [3.05, 3.63) is 70.7 Å². The molecular formula is C20H22ClN3O4. The van der Waals surface area contributed by atoms with Crippen molar-refractivity contribution in [1.29, 1.82) is 0 Å². The van der Waals surface area contributed by atoms with Crippen LogP contribution in [0.3, 0.4) is 0 Å². The summed E-state index contributed by atoms with van der Waals surface area (Å²) in [4.78, 5) is 37.2. The van der Waals surface area contributed by atoms with Gasteiger partial charge in [-0.1, -0.05) is 54.1 Å². The topological polar surface area (TPSA) is 102 Å². The maximum Gasteiger partial charge on any atom is 0.329 e. The summed E-state index contributed by atoms with van der Waals surface area (Å²) in [5, 5.41) is 2.96. The number of amides is 3. The first-order valence-electron chi connectivity index (χ1n) is 8.60. The number of likely N-dealkylation sites (N-methyl/N-ethyl adjacent to an activating group) is 1. The first-order chi connectivity index (χ1) is 13.3. The van der Waals surface area contributed by atoms with Gasteiger partial charge < -0.3 is 20.7 Å². The second-order valence-corrected chi connectivity index (χ2v) is 6.67. The molecule has 0 aromatic heterocycles. The minimum atomic E-state index is -0.978. The lowest BCUT2D eigenvalue weighted by atomic mass is 10.1. The third-order valence-corrected chi connectivity index (χ3v) is 4.23. The highest BCUT2D eigenvalue weighted by atomic mass is 35.5. The zero-order valence-corrected chi connectivity index (χ0v) is 16.2. The zero-order valence-electron chi connectivity index (χ0n) is 15.4. The van der Waals surface area contributed by atoms with E-state index in [0.717, 1.165) is 11.1 Å². The molecule has 1 atom stereocenters. The Morgan fingerprint density at radius 1 is 1.07 bits per heavy atom. The Bertz CT molecular complexity index is 812. The molecule has 28 heavy (non-hydrogen) atoms. The first kappa shape index (κ1) is 21.2. The molecule has 0 heterocycles. The number of rotatable bonds is 8. The van der Waals surface area contributed by atoms with E-state index in [-0.39, 0.29) is 12.3 Å². The average molecular weight is 404 g/mol. The summed E-state index contributed by atoms with van der Waals surface area (Å²) in [5.74, 6) is -1.10. The molecule has 0 saturated heterocycles. The van der Waals surface area contributed by atoms with Crippen molar-refractivity contribution < 1.29 is 19.1 Å². The van der Waals surface area contributed by atoms with Gasteiger partial charge in [-0.2, -0.15) is 0 Å². The molecule has 0 aliphatic heterocycles. The molecule has 0 spiro atoms. The first-order valence-corrected chi connectivity index (χ1v) is 8.98. The van der Waals surface area contributed by atoms with Crippen molar-refractivity contribution in [2.24, 2.45) is 5.73 Å². The summed E-state index contributed by atoms with van der Waals surface area (Å²) in [6, 6.07) is 14.4. The Balaban J connectivity index is 1.90. The van der Waals surface area contributed by atoms with E-state index in [1.165, 1.54) is 4.90 Å². The monoisotopic (exact) mass is 403 g/mol. The number of nitrogens with two attached hydrogens (primary N) is 1. The number of hydrogen-bond donors (Lipinski definition) is 2. The Hall–Kier alpha value is -3.06. The second kappa shape index (κ2) is 10.3. The Labute approximate surface area is 168 Å². The van der Waals surface area contributed by atoms with Crippen LogP contribution >= 0.6 is 11.6 Å². The number of hydrogen-bond acceptors (Lipinski definition) is 4. The molecule has 2 rings (SSSR count). The maximum atomic E-state index is 12.3. The Kier molecular flexibility index (Phi) is 7.83. The van der Waals surface area contributed by atoms with Gasteiger partial charge in [0.2, 0.25) is 0 Å². The van der Waals surface area contributed by atoms with E-state index in [1.807, 2.05) is 42.5 Å². The van der Waals surface area contributed by atoms with E-state index in [4.69, 9.17) is 22.1 Å². The number of primary amides is 1. The molecule has 0 saturated carbocycles. The van der Waals surface area contributed by atoms with Crippen LogP contribution in [0, 0.1) is 0 Å². The van der Waals surface area contributed by atoms with E-state index in [9.17, 15) is 14.4 Å². The predicted molar refractivity (Wildman–Crippen MR) is 106 cm³/mol. The highest BCUT2D eigenvalue weighted by molar-refractivity contribution is 6.30. The van der Waals surface area contributed by atoms with Crippen LogP contribution in [0.5, 0.6) is 0 Å². The van der Waals surface area contributed by atoms with Crippen molar-refractivity contribution in [3.63, 3.8) is 0 Å². The molecule has 148 valence electrons. The minimum absolute atomic E-state index is 0.206. The van der Waals surface area contributed by atoms with Crippen molar-refractivity contribution in [3.8, 4) is 0 Å². The van der Waals surface area contributed by atoms with Gasteiger partial charge in [-0.3, -0.25) is 4.79 Å². The zero-order chi connectivity index (χ0) is 20.5. The van der Waals surface area contributed by atoms with Crippen LogP contribution in [0.1, 0.15) is 11.1 Å². The van der Waals surface area contributed by atoms with Crippen molar-refractivity contribution in [2.45, 2.75) is 19.0 Å². The molecule has 3 N–H and O–H groups in total.